The number of rotatable bonds is 6. The number of ether oxygens (including phenoxy) is 1. The van der Waals surface area contributed by atoms with E-state index in [2.05, 4.69) is 17.9 Å². The van der Waals surface area contributed by atoms with Gasteiger partial charge in [0.1, 0.15) is 5.75 Å². The number of hydrogen-bond donors (Lipinski definition) is 2. The quantitative estimate of drug-likeness (QED) is 0.789. The summed E-state index contributed by atoms with van der Waals surface area (Å²) in [5.74, 6) is 1.58. The highest BCUT2D eigenvalue weighted by Crippen LogP contribution is 2.32. The fourth-order valence-electron chi connectivity index (χ4n) is 1.59. The second kappa shape index (κ2) is 6.34. The maximum absolute atomic E-state index is 12.0. The number of amides is 1. The topological polar surface area (TPSA) is 38.3 Å². The molecule has 0 spiro atoms. The van der Waals surface area contributed by atoms with Gasteiger partial charge in [0.15, 0.2) is 0 Å². The molecule has 1 fully saturated rings. The normalized spacial score (nSPS) is 14.3. The zero-order chi connectivity index (χ0) is 13.0. The first kappa shape index (κ1) is 13.6. The van der Waals surface area contributed by atoms with Crippen molar-refractivity contribution in [1.29, 1.82) is 0 Å². The summed E-state index contributed by atoms with van der Waals surface area (Å²) in [4.78, 5) is 12.0. The first-order chi connectivity index (χ1) is 8.72. The summed E-state index contributed by atoms with van der Waals surface area (Å²) in [7, 11) is 0. The summed E-state index contributed by atoms with van der Waals surface area (Å²) in [6, 6.07) is 5.27. The van der Waals surface area contributed by atoms with Gasteiger partial charge in [-0.2, -0.15) is 12.6 Å². The van der Waals surface area contributed by atoms with E-state index in [-0.39, 0.29) is 5.91 Å². The first-order valence-electron chi connectivity index (χ1n) is 6.02. The Balaban J connectivity index is 2.11. The molecule has 0 radical (unpaired) electrons. The van der Waals surface area contributed by atoms with Crippen LogP contribution >= 0.6 is 24.2 Å². The molecule has 0 atom stereocenters. The molecule has 0 unspecified atom stereocenters. The van der Waals surface area contributed by atoms with Crippen molar-refractivity contribution in [1.82, 2.24) is 5.32 Å². The largest absolute Gasteiger partial charge is 0.492 e. The van der Waals surface area contributed by atoms with Crippen LogP contribution in [0.3, 0.4) is 0 Å². The molecule has 1 amide bonds. The predicted octanol–water partition coefficient (Wildman–Crippen LogP) is 2.79. The van der Waals surface area contributed by atoms with E-state index < -0.39 is 0 Å². The van der Waals surface area contributed by atoms with Crippen molar-refractivity contribution in [2.45, 2.75) is 12.8 Å². The van der Waals surface area contributed by atoms with Crippen molar-refractivity contribution < 1.29 is 9.53 Å². The number of hydrogen-bond acceptors (Lipinski definition) is 3. The van der Waals surface area contributed by atoms with Crippen LogP contribution in [-0.4, -0.2) is 24.8 Å². The SMILES string of the molecule is O=C(NCCS)c1c(Cl)cccc1OCC1CC1. The van der Waals surface area contributed by atoms with Gasteiger partial charge in [-0.15, -0.1) is 0 Å². The second-order valence-corrected chi connectivity index (χ2v) is 5.20. The molecule has 0 bridgehead atoms. The van der Waals surface area contributed by atoms with Gasteiger partial charge in [0.05, 0.1) is 17.2 Å². The number of benzene rings is 1. The van der Waals surface area contributed by atoms with E-state index in [1.165, 1.54) is 12.8 Å². The summed E-state index contributed by atoms with van der Waals surface area (Å²) in [6.07, 6.45) is 2.42. The van der Waals surface area contributed by atoms with E-state index in [0.717, 1.165) is 0 Å². The monoisotopic (exact) mass is 285 g/mol. The number of carbonyl (C=O) groups excluding carboxylic acids is 1. The Morgan fingerprint density at radius 3 is 2.94 bits per heavy atom. The van der Waals surface area contributed by atoms with Gasteiger partial charge in [-0.3, -0.25) is 4.79 Å². The molecule has 0 aliphatic heterocycles. The van der Waals surface area contributed by atoms with Crippen LogP contribution in [-0.2, 0) is 0 Å². The summed E-state index contributed by atoms with van der Waals surface area (Å²) in [5.41, 5.74) is 0.418. The first-order valence-corrected chi connectivity index (χ1v) is 7.03. The maximum Gasteiger partial charge on any atom is 0.256 e. The zero-order valence-corrected chi connectivity index (χ0v) is 11.6. The Labute approximate surface area is 117 Å². The van der Waals surface area contributed by atoms with Crippen LogP contribution in [0.4, 0.5) is 0 Å². The third-order valence-corrected chi connectivity index (χ3v) is 3.31. The number of carbonyl (C=O) groups is 1. The van der Waals surface area contributed by atoms with Crippen molar-refractivity contribution in [2.24, 2.45) is 5.92 Å². The lowest BCUT2D eigenvalue weighted by Gasteiger charge is -2.12. The average molecular weight is 286 g/mol. The van der Waals surface area contributed by atoms with E-state index in [1.54, 1.807) is 18.2 Å². The fourth-order valence-corrected chi connectivity index (χ4v) is 1.96. The van der Waals surface area contributed by atoms with Gasteiger partial charge in [0.2, 0.25) is 0 Å². The molecule has 1 aromatic carbocycles. The average Bonchev–Trinajstić information content (AvgIpc) is 3.17. The molecule has 2 rings (SSSR count). The third-order valence-electron chi connectivity index (χ3n) is 2.77. The molecule has 1 aromatic rings. The van der Waals surface area contributed by atoms with E-state index in [9.17, 15) is 4.79 Å². The highest BCUT2D eigenvalue weighted by atomic mass is 35.5. The Hall–Kier alpha value is -0.870. The van der Waals surface area contributed by atoms with Gasteiger partial charge in [-0.1, -0.05) is 17.7 Å². The predicted molar refractivity (Wildman–Crippen MR) is 75.9 cm³/mol. The lowest BCUT2D eigenvalue weighted by Crippen LogP contribution is -2.26. The van der Waals surface area contributed by atoms with Crippen LogP contribution in [0, 0.1) is 5.92 Å². The molecule has 1 aliphatic rings. The van der Waals surface area contributed by atoms with E-state index in [0.29, 0.717) is 41.2 Å². The Kier molecular flexibility index (Phi) is 4.78. The summed E-state index contributed by atoms with van der Waals surface area (Å²) >= 11 is 10.1. The highest BCUT2D eigenvalue weighted by Gasteiger charge is 2.23. The molecule has 18 heavy (non-hydrogen) atoms. The van der Waals surface area contributed by atoms with Gasteiger partial charge in [0, 0.05) is 12.3 Å². The number of nitrogens with one attached hydrogen (secondary N) is 1. The van der Waals surface area contributed by atoms with Crippen LogP contribution < -0.4 is 10.1 Å². The number of halogens is 1. The molecule has 1 saturated carbocycles. The summed E-state index contributed by atoms with van der Waals surface area (Å²) in [6.45, 7) is 1.17. The lowest BCUT2D eigenvalue weighted by molar-refractivity contribution is 0.0952. The van der Waals surface area contributed by atoms with Crippen molar-refractivity contribution in [3.05, 3.63) is 28.8 Å². The Morgan fingerprint density at radius 1 is 1.50 bits per heavy atom. The van der Waals surface area contributed by atoms with Crippen LogP contribution in [0.2, 0.25) is 5.02 Å². The van der Waals surface area contributed by atoms with Gasteiger partial charge in [0.25, 0.3) is 5.91 Å². The Bertz CT molecular complexity index is 435. The minimum atomic E-state index is -0.208. The molecule has 98 valence electrons. The standard InChI is InChI=1S/C13H16ClNO2S/c14-10-2-1-3-11(17-8-9-4-5-9)12(10)13(16)15-6-7-18/h1-3,9,18H,4-8H2,(H,15,16). The van der Waals surface area contributed by atoms with Crippen molar-refractivity contribution in [2.75, 3.05) is 18.9 Å². The third kappa shape index (κ3) is 3.56. The second-order valence-electron chi connectivity index (χ2n) is 4.35. The Morgan fingerprint density at radius 2 is 2.28 bits per heavy atom. The molecule has 0 saturated heterocycles. The van der Waals surface area contributed by atoms with Crippen molar-refractivity contribution in [3.8, 4) is 5.75 Å². The minimum absolute atomic E-state index is 0.208. The van der Waals surface area contributed by atoms with Crippen molar-refractivity contribution in [3.63, 3.8) is 0 Å². The smallest absolute Gasteiger partial charge is 0.256 e. The number of thiol groups is 1. The van der Waals surface area contributed by atoms with E-state index in [1.807, 2.05) is 0 Å². The van der Waals surface area contributed by atoms with E-state index >= 15 is 0 Å². The molecule has 3 nitrogen and oxygen atoms in total. The molecule has 1 aliphatic carbocycles. The van der Waals surface area contributed by atoms with Gasteiger partial charge in [-0.05, 0) is 30.9 Å². The van der Waals surface area contributed by atoms with Crippen LogP contribution in [0.1, 0.15) is 23.2 Å². The summed E-state index contributed by atoms with van der Waals surface area (Å²) in [5, 5.41) is 3.17. The van der Waals surface area contributed by atoms with E-state index in [4.69, 9.17) is 16.3 Å². The minimum Gasteiger partial charge on any atom is -0.492 e. The van der Waals surface area contributed by atoms with Crippen LogP contribution in [0.25, 0.3) is 0 Å². The maximum atomic E-state index is 12.0. The molecular formula is C13H16ClNO2S. The zero-order valence-electron chi connectivity index (χ0n) is 9.99. The lowest BCUT2D eigenvalue weighted by atomic mass is 10.2. The molecular weight excluding hydrogens is 270 g/mol. The molecule has 1 N–H and O–H groups in total. The van der Waals surface area contributed by atoms with Gasteiger partial charge in [-0.25, -0.2) is 0 Å². The van der Waals surface area contributed by atoms with Crippen LogP contribution in [0.5, 0.6) is 5.75 Å². The van der Waals surface area contributed by atoms with Crippen molar-refractivity contribution >= 4 is 30.1 Å². The molecule has 5 heteroatoms. The summed E-state index contributed by atoms with van der Waals surface area (Å²) < 4.78 is 5.68. The highest BCUT2D eigenvalue weighted by molar-refractivity contribution is 7.80. The van der Waals surface area contributed by atoms with Gasteiger partial charge < -0.3 is 10.1 Å². The molecule has 0 heterocycles. The van der Waals surface area contributed by atoms with Gasteiger partial charge >= 0.3 is 0 Å². The molecule has 0 aromatic heterocycles. The fraction of sp³-hybridized carbons (Fsp3) is 0.462. The van der Waals surface area contributed by atoms with Crippen LogP contribution in [0.15, 0.2) is 18.2 Å².